The lowest BCUT2D eigenvalue weighted by Crippen LogP contribution is -2.11. The summed E-state index contributed by atoms with van der Waals surface area (Å²) in [6.45, 7) is 5.71. The van der Waals surface area contributed by atoms with Gasteiger partial charge in [-0.2, -0.15) is 0 Å². The number of anilines is 1. The van der Waals surface area contributed by atoms with E-state index in [1.54, 1.807) is 6.92 Å². The molecular formula is C11H18N2O2S. The second-order valence-electron chi connectivity index (χ2n) is 4.04. The molecule has 0 amide bonds. The van der Waals surface area contributed by atoms with Gasteiger partial charge in [-0.05, 0) is 31.4 Å². The van der Waals surface area contributed by atoms with Gasteiger partial charge in [0, 0.05) is 11.9 Å². The van der Waals surface area contributed by atoms with Crippen LogP contribution in [0.15, 0.2) is 4.90 Å². The second kappa shape index (κ2) is 4.41. The molecule has 0 radical (unpaired) electrons. The fourth-order valence-corrected chi connectivity index (χ4v) is 3.09. The van der Waals surface area contributed by atoms with Crippen LogP contribution in [0.5, 0.6) is 0 Å². The number of nitrogen functional groups attached to an aromatic ring is 1. The molecule has 90 valence electrons. The lowest BCUT2D eigenvalue weighted by atomic mass is 10.0. The summed E-state index contributed by atoms with van der Waals surface area (Å²) in [6.07, 6.45) is 2.95. The Labute approximate surface area is 96.8 Å². The van der Waals surface area contributed by atoms with E-state index in [0.29, 0.717) is 0 Å². The molecule has 0 spiro atoms. The molecule has 0 saturated carbocycles. The number of aryl methyl sites for hydroxylation is 1. The Morgan fingerprint density at radius 2 is 1.88 bits per heavy atom. The highest BCUT2D eigenvalue weighted by atomic mass is 32.2. The number of rotatable bonds is 3. The Kier molecular flexibility index (Phi) is 3.57. The zero-order valence-corrected chi connectivity index (χ0v) is 11.0. The molecule has 16 heavy (non-hydrogen) atoms. The zero-order valence-electron chi connectivity index (χ0n) is 10.2. The van der Waals surface area contributed by atoms with Crippen molar-refractivity contribution in [1.82, 2.24) is 4.98 Å². The topological polar surface area (TPSA) is 73.0 Å². The van der Waals surface area contributed by atoms with E-state index in [4.69, 9.17) is 5.73 Å². The highest BCUT2D eigenvalue weighted by molar-refractivity contribution is 7.91. The van der Waals surface area contributed by atoms with E-state index in [1.165, 1.54) is 6.26 Å². The highest BCUT2D eigenvalue weighted by Gasteiger charge is 2.20. The van der Waals surface area contributed by atoms with Crippen LogP contribution < -0.4 is 5.73 Å². The third-order valence-corrected chi connectivity index (χ3v) is 3.88. The van der Waals surface area contributed by atoms with Gasteiger partial charge in [0.25, 0.3) is 0 Å². The molecule has 1 heterocycles. The maximum atomic E-state index is 11.6. The number of hydrogen-bond acceptors (Lipinski definition) is 4. The minimum atomic E-state index is -3.31. The molecule has 0 aliphatic rings. The van der Waals surface area contributed by atoms with Crippen LogP contribution in [-0.4, -0.2) is 19.7 Å². The molecule has 0 saturated heterocycles. The summed E-state index contributed by atoms with van der Waals surface area (Å²) in [4.78, 5) is 4.30. The Morgan fingerprint density at radius 1 is 1.31 bits per heavy atom. The minimum absolute atomic E-state index is 0.109. The van der Waals surface area contributed by atoms with Crippen LogP contribution in [0.1, 0.15) is 30.2 Å². The van der Waals surface area contributed by atoms with Gasteiger partial charge in [-0.25, -0.2) is 13.4 Å². The lowest BCUT2D eigenvalue weighted by molar-refractivity contribution is 0.601. The largest absolute Gasteiger partial charge is 0.383 e. The first-order valence-corrected chi connectivity index (χ1v) is 7.13. The Hall–Kier alpha value is -1.10. The van der Waals surface area contributed by atoms with Crippen molar-refractivity contribution in [3.8, 4) is 0 Å². The van der Waals surface area contributed by atoms with E-state index in [9.17, 15) is 8.42 Å². The number of nitrogens with zero attached hydrogens (tertiary/aromatic N) is 1. The third kappa shape index (κ3) is 2.35. The zero-order chi connectivity index (χ0) is 12.5. The first kappa shape index (κ1) is 13.0. The molecule has 0 fully saturated rings. The van der Waals surface area contributed by atoms with Crippen molar-refractivity contribution in [3.63, 3.8) is 0 Å². The predicted molar refractivity (Wildman–Crippen MR) is 65.2 cm³/mol. The average Bonchev–Trinajstić information content (AvgIpc) is 2.09. The number of sulfone groups is 1. The van der Waals surface area contributed by atoms with Gasteiger partial charge in [0.05, 0.1) is 0 Å². The van der Waals surface area contributed by atoms with Gasteiger partial charge in [0.2, 0.25) is 0 Å². The molecule has 1 rings (SSSR count). The van der Waals surface area contributed by atoms with Crippen molar-refractivity contribution in [1.29, 1.82) is 0 Å². The Balaban J connectivity index is 3.58. The van der Waals surface area contributed by atoms with Crippen molar-refractivity contribution < 1.29 is 8.42 Å². The molecule has 1 aromatic rings. The molecular weight excluding hydrogens is 224 g/mol. The summed E-state index contributed by atoms with van der Waals surface area (Å²) in [5.74, 6) is 0.109. The van der Waals surface area contributed by atoms with Crippen LogP contribution in [0.4, 0.5) is 5.82 Å². The van der Waals surface area contributed by atoms with Crippen LogP contribution in [0, 0.1) is 13.8 Å². The van der Waals surface area contributed by atoms with Crippen molar-refractivity contribution in [3.05, 3.63) is 16.8 Å². The standard InChI is InChI=1S/C11H18N2O2S/c1-5-6-9-7(2)10(16(4,14)15)11(12)13-8(9)3/h5-6H2,1-4H3,(H2,12,13). The van der Waals surface area contributed by atoms with E-state index < -0.39 is 9.84 Å². The average molecular weight is 242 g/mol. The van der Waals surface area contributed by atoms with Crippen LogP contribution in [0.25, 0.3) is 0 Å². The third-order valence-electron chi connectivity index (χ3n) is 2.62. The SMILES string of the molecule is CCCc1c(C)nc(N)c(S(C)(=O)=O)c1C. The maximum Gasteiger partial charge on any atom is 0.179 e. The lowest BCUT2D eigenvalue weighted by Gasteiger charge is -2.14. The summed E-state index contributed by atoms with van der Waals surface area (Å²) >= 11 is 0. The van der Waals surface area contributed by atoms with E-state index in [2.05, 4.69) is 11.9 Å². The van der Waals surface area contributed by atoms with Crippen LogP contribution in [-0.2, 0) is 16.3 Å². The van der Waals surface area contributed by atoms with Gasteiger partial charge in [0.15, 0.2) is 9.84 Å². The second-order valence-corrected chi connectivity index (χ2v) is 5.99. The van der Waals surface area contributed by atoms with E-state index in [-0.39, 0.29) is 10.7 Å². The molecule has 5 heteroatoms. The van der Waals surface area contributed by atoms with Gasteiger partial charge in [-0.1, -0.05) is 13.3 Å². The Bertz CT molecular complexity index is 507. The molecule has 2 N–H and O–H groups in total. The van der Waals surface area contributed by atoms with Crippen molar-refractivity contribution in [2.75, 3.05) is 12.0 Å². The van der Waals surface area contributed by atoms with Gasteiger partial charge in [-0.15, -0.1) is 0 Å². The van der Waals surface area contributed by atoms with Crippen LogP contribution in [0.3, 0.4) is 0 Å². The number of pyridine rings is 1. The molecule has 0 unspecified atom stereocenters. The first-order chi connectivity index (χ1) is 7.29. The number of hydrogen-bond donors (Lipinski definition) is 1. The van der Waals surface area contributed by atoms with Crippen LogP contribution in [0.2, 0.25) is 0 Å². The summed E-state index contributed by atoms with van der Waals surface area (Å²) in [7, 11) is -3.31. The fraction of sp³-hybridized carbons (Fsp3) is 0.545. The summed E-state index contributed by atoms with van der Waals surface area (Å²) < 4.78 is 23.2. The number of nitrogens with two attached hydrogens (primary N) is 1. The summed E-state index contributed by atoms with van der Waals surface area (Å²) in [5, 5.41) is 0. The van der Waals surface area contributed by atoms with Gasteiger partial charge in [0.1, 0.15) is 10.7 Å². The van der Waals surface area contributed by atoms with Gasteiger partial charge < -0.3 is 5.73 Å². The molecule has 0 atom stereocenters. The molecule has 0 aliphatic carbocycles. The van der Waals surface area contributed by atoms with E-state index in [1.807, 2.05) is 6.92 Å². The molecule has 4 nitrogen and oxygen atoms in total. The highest BCUT2D eigenvalue weighted by Crippen LogP contribution is 2.26. The molecule has 1 aromatic heterocycles. The summed E-state index contributed by atoms with van der Waals surface area (Å²) in [6, 6.07) is 0. The molecule has 0 aliphatic heterocycles. The first-order valence-electron chi connectivity index (χ1n) is 5.24. The van der Waals surface area contributed by atoms with E-state index in [0.717, 1.165) is 29.7 Å². The van der Waals surface area contributed by atoms with Crippen molar-refractivity contribution in [2.24, 2.45) is 0 Å². The predicted octanol–water partition coefficient (Wildman–Crippen LogP) is 1.64. The fourth-order valence-electron chi connectivity index (χ4n) is 1.99. The van der Waals surface area contributed by atoms with Crippen LogP contribution >= 0.6 is 0 Å². The quantitative estimate of drug-likeness (QED) is 0.874. The molecule has 0 bridgehead atoms. The van der Waals surface area contributed by atoms with Gasteiger partial charge >= 0.3 is 0 Å². The number of aromatic nitrogens is 1. The van der Waals surface area contributed by atoms with E-state index >= 15 is 0 Å². The summed E-state index contributed by atoms with van der Waals surface area (Å²) in [5.41, 5.74) is 8.25. The maximum absolute atomic E-state index is 11.6. The Morgan fingerprint density at radius 3 is 2.31 bits per heavy atom. The van der Waals surface area contributed by atoms with Gasteiger partial charge in [-0.3, -0.25) is 0 Å². The van der Waals surface area contributed by atoms with Crippen molar-refractivity contribution in [2.45, 2.75) is 38.5 Å². The minimum Gasteiger partial charge on any atom is -0.383 e. The smallest absolute Gasteiger partial charge is 0.179 e. The van der Waals surface area contributed by atoms with Crippen molar-refractivity contribution >= 4 is 15.7 Å². The molecule has 0 aromatic carbocycles. The monoisotopic (exact) mass is 242 g/mol. The normalized spacial score (nSPS) is 11.8.